The molecule has 7 rings (SSSR count). The van der Waals surface area contributed by atoms with Crippen LogP contribution in [0.25, 0.3) is 54.6 Å². The summed E-state index contributed by atoms with van der Waals surface area (Å²) in [6.45, 7) is 0. The maximum Gasteiger partial charge on any atom is 0.143 e. The molecule has 0 saturated heterocycles. The second-order valence-corrected chi connectivity index (χ2v) is 9.20. The van der Waals surface area contributed by atoms with E-state index in [9.17, 15) is 0 Å². The zero-order valence-electron chi connectivity index (χ0n) is 20.1. The van der Waals surface area contributed by atoms with Gasteiger partial charge in [-0.25, -0.2) is 0 Å². The Morgan fingerprint density at radius 3 is 2.08 bits per heavy atom. The zero-order chi connectivity index (χ0) is 24.6. The Hall–Kier alpha value is -4.95. The molecule has 174 valence electrons. The smallest absolute Gasteiger partial charge is 0.143 e. The highest BCUT2D eigenvalue weighted by atomic mass is 16.5. The van der Waals surface area contributed by atoms with Crippen molar-refractivity contribution in [3.8, 4) is 33.8 Å². The van der Waals surface area contributed by atoms with Gasteiger partial charge in [0.05, 0.1) is 0 Å². The first-order valence-electron chi connectivity index (χ1n) is 12.5. The molecule has 0 unspecified atom stereocenters. The molecule has 0 saturated carbocycles. The van der Waals surface area contributed by atoms with E-state index in [0.29, 0.717) is 0 Å². The van der Waals surface area contributed by atoms with E-state index < -0.39 is 0 Å². The third kappa shape index (κ3) is 3.71. The number of hydrogen-bond donors (Lipinski definition) is 0. The standard InChI is InChI=1S/C35H23NO/c1-2-11-25(12-3-1)28-14-8-9-17-33(28)37-35-30-16-7-6-15-29(30)34(32-23-36-21-20-31(32)35)27-19-18-24-10-4-5-13-26(24)22-27/h1-23H. The predicted molar refractivity (Wildman–Crippen MR) is 154 cm³/mol. The molecule has 0 aliphatic heterocycles. The van der Waals surface area contributed by atoms with Gasteiger partial charge in [-0.15, -0.1) is 0 Å². The van der Waals surface area contributed by atoms with Crippen molar-refractivity contribution in [2.24, 2.45) is 0 Å². The lowest BCUT2D eigenvalue weighted by atomic mass is 9.91. The number of ether oxygens (including phenoxy) is 1. The Morgan fingerprint density at radius 1 is 0.486 bits per heavy atom. The summed E-state index contributed by atoms with van der Waals surface area (Å²) in [5.41, 5.74) is 4.53. The van der Waals surface area contributed by atoms with Crippen molar-refractivity contribution in [2.75, 3.05) is 0 Å². The van der Waals surface area contributed by atoms with Gasteiger partial charge in [0.15, 0.2) is 0 Å². The van der Waals surface area contributed by atoms with Crippen LogP contribution in [0.5, 0.6) is 11.5 Å². The molecule has 0 spiro atoms. The summed E-state index contributed by atoms with van der Waals surface area (Å²) in [5.74, 6) is 1.68. The quantitative estimate of drug-likeness (QED) is 0.237. The molecule has 0 bridgehead atoms. The highest BCUT2D eigenvalue weighted by Gasteiger charge is 2.18. The molecule has 7 aromatic rings. The fourth-order valence-corrected chi connectivity index (χ4v) is 5.27. The summed E-state index contributed by atoms with van der Waals surface area (Å²) in [5, 5.41) is 6.79. The Bertz CT molecular complexity index is 1850. The van der Waals surface area contributed by atoms with E-state index in [1.54, 1.807) is 0 Å². The van der Waals surface area contributed by atoms with E-state index in [0.717, 1.165) is 44.2 Å². The summed E-state index contributed by atoms with van der Waals surface area (Å²) in [4.78, 5) is 4.53. The van der Waals surface area contributed by atoms with Gasteiger partial charge in [-0.2, -0.15) is 0 Å². The number of hydrogen-bond acceptors (Lipinski definition) is 2. The molecule has 6 aromatic carbocycles. The van der Waals surface area contributed by atoms with Crippen LogP contribution in [-0.2, 0) is 0 Å². The lowest BCUT2D eigenvalue weighted by Gasteiger charge is -2.19. The van der Waals surface area contributed by atoms with E-state index >= 15 is 0 Å². The van der Waals surface area contributed by atoms with Gasteiger partial charge in [0, 0.05) is 34.1 Å². The number of nitrogens with zero attached hydrogens (tertiary/aromatic N) is 1. The number of para-hydroxylation sites is 1. The number of pyridine rings is 1. The van der Waals surface area contributed by atoms with E-state index in [4.69, 9.17) is 4.74 Å². The molecular formula is C35H23NO. The first kappa shape index (κ1) is 21.3. The summed E-state index contributed by atoms with van der Waals surface area (Å²) in [6, 6.07) is 44.3. The summed E-state index contributed by atoms with van der Waals surface area (Å²) in [6.07, 6.45) is 3.81. The molecule has 1 heterocycles. The maximum atomic E-state index is 6.82. The molecule has 0 radical (unpaired) electrons. The average Bonchev–Trinajstić information content (AvgIpc) is 2.97. The van der Waals surface area contributed by atoms with Crippen molar-refractivity contribution in [1.82, 2.24) is 4.98 Å². The van der Waals surface area contributed by atoms with Crippen LogP contribution >= 0.6 is 0 Å². The Kier molecular flexibility index (Phi) is 5.15. The van der Waals surface area contributed by atoms with Gasteiger partial charge in [-0.05, 0) is 51.0 Å². The summed E-state index contributed by atoms with van der Waals surface area (Å²) < 4.78 is 6.82. The first-order valence-corrected chi connectivity index (χ1v) is 12.5. The van der Waals surface area contributed by atoms with E-state index in [-0.39, 0.29) is 0 Å². The molecule has 0 amide bonds. The average molecular weight is 474 g/mol. The molecule has 37 heavy (non-hydrogen) atoms. The van der Waals surface area contributed by atoms with Gasteiger partial charge in [0.2, 0.25) is 0 Å². The van der Waals surface area contributed by atoms with E-state index in [2.05, 4.69) is 114 Å². The van der Waals surface area contributed by atoms with Crippen LogP contribution in [0.1, 0.15) is 0 Å². The molecule has 0 atom stereocenters. The molecule has 0 aliphatic carbocycles. The second kappa shape index (κ2) is 8.92. The maximum absolute atomic E-state index is 6.82. The molecule has 2 nitrogen and oxygen atoms in total. The zero-order valence-corrected chi connectivity index (χ0v) is 20.1. The van der Waals surface area contributed by atoms with Gasteiger partial charge in [-0.3, -0.25) is 4.98 Å². The van der Waals surface area contributed by atoms with Crippen LogP contribution in [0.3, 0.4) is 0 Å². The number of aromatic nitrogens is 1. The van der Waals surface area contributed by atoms with Crippen molar-refractivity contribution in [3.63, 3.8) is 0 Å². The van der Waals surface area contributed by atoms with Crippen molar-refractivity contribution in [3.05, 3.63) is 140 Å². The minimum Gasteiger partial charge on any atom is -0.455 e. The molecule has 0 N–H and O–H groups in total. The Balaban J connectivity index is 1.49. The van der Waals surface area contributed by atoms with Crippen LogP contribution in [0.2, 0.25) is 0 Å². The van der Waals surface area contributed by atoms with Crippen molar-refractivity contribution >= 4 is 32.3 Å². The molecule has 0 fully saturated rings. The fraction of sp³-hybridized carbons (Fsp3) is 0. The summed E-state index contributed by atoms with van der Waals surface area (Å²) in [7, 11) is 0. The summed E-state index contributed by atoms with van der Waals surface area (Å²) >= 11 is 0. The number of benzene rings is 6. The fourth-order valence-electron chi connectivity index (χ4n) is 5.27. The van der Waals surface area contributed by atoms with Crippen LogP contribution in [0.4, 0.5) is 0 Å². The van der Waals surface area contributed by atoms with Gasteiger partial charge >= 0.3 is 0 Å². The van der Waals surface area contributed by atoms with E-state index in [1.165, 1.54) is 21.9 Å². The Morgan fingerprint density at radius 2 is 1.19 bits per heavy atom. The largest absolute Gasteiger partial charge is 0.455 e. The SMILES string of the molecule is c1ccc(-c2ccccc2Oc2c3ccccc3c(-c3ccc4ccccc4c3)c3cnccc23)cc1. The van der Waals surface area contributed by atoms with Crippen LogP contribution in [-0.4, -0.2) is 4.98 Å². The monoisotopic (exact) mass is 473 g/mol. The Labute approximate surface area is 215 Å². The number of fused-ring (bicyclic) bond motifs is 3. The molecular weight excluding hydrogens is 450 g/mol. The topological polar surface area (TPSA) is 22.1 Å². The van der Waals surface area contributed by atoms with Crippen LogP contribution < -0.4 is 4.74 Å². The van der Waals surface area contributed by atoms with Crippen LogP contribution in [0, 0.1) is 0 Å². The van der Waals surface area contributed by atoms with E-state index in [1.807, 2.05) is 30.6 Å². The lowest BCUT2D eigenvalue weighted by Crippen LogP contribution is -1.94. The van der Waals surface area contributed by atoms with Crippen molar-refractivity contribution in [2.45, 2.75) is 0 Å². The van der Waals surface area contributed by atoms with Gasteiger partial charge in [0.25, 0.3) is 0 Å². The molecule has 1 aromatic heterocycles. The molecule has 0 aliphatic rings. The normalized spacial score (nSPS) is 11.2. The third-order valence-corrected chi connectivity index (χ3v) is 7.00. The van der Waals surface area contributed by atoms with Gasteiger partial charge in [0.1, 0.15) is 11.5 Å². The van der Waals surface area contributed by atoms with Gasteiger partial charge in [-0.1, -0.05) is 109 Å². The second-order valence-electron chi connectivity index (χ2n) is 9.20. The third-order valence-electron chi connectivity index (χ3n) is 7.00. The van der Waals surface area contributed by atoms with Crippen molar-refractivity contribution in [1.29, 1.82) is 0 Å². The minimum atomic E-state index is 0.829. The predicted octanol–water partition coefficient (Wildman–Crippen LogP) is 9.67. The van der Waals surface area contributed by atoms with Gasteiger partial charge < -0.3 is 4.74 Å². The first-order chi connectivity index (χ1) is 18.4. The molecule has 2 heteroatoms. The minimum absolute atomic E-state index is 0.829. The number of rotatable bonds is 4. The highest BCUT2D eigenvalue weighted by Crippen LogP contribution is 2.45. The lowest BCUT2D eigenvalue weighted by molar-refractivity contribution is 0.495. The van der Waals surface area contributed by atoms with Crippen molar-refractivity contribution < 1.29 is 4.74 Å². The highest BCUT2D eigenvalue weighted by molar-refractivity contribution is 6.17. The van der Waals surface area contributed by atoms with Crippen LogP contribution in [0.15, 0.2) is 140 Å².